The number of hydrogen-bond donors (Lipinski definition) is 2. The van der Waals surface area contributed by atoms with Gasteiger partial charge in [0.05, 0.1) is 5.57 Å². The van der Waals surface area contributed by atoms with Crippen molar-refractivity contribution in [2.24, 2.45) is 0 Å². The number of carboxylic acid groups (broad SMARTS) is 1. The summed E-state index contributed by atoms with van der Waals surface area (Å²) in [5.74, 6) is -1.62. The van der Waals surface area contributed by atoms with E-state index in [9.17, 15) is 14.7 Å². The molecule has 0 unspecified atom stereocenters. The van der Waals surface area contributed by atoms with Gasteiger partial charge in [-0.1, -0.05) is 48.0 Å². The lowest BCUT2D eigenvalue weighted by molar-refractivity contribution is -0.130. The van der Waals surface area contributed by atoms with Crippen LogP contribution in [0.5, 0.6) is 0 Å². The van der Waals surface area contributed by atoms with Gasteiger partial charge in [-0.15, -0.1) is 0 Å². The molecule has 1 fully saturated rings. The smallest absolute Gasteiger partial charge is 0.336 e. The fourth-order valence-electron chi connectivity index (χ4n) is 3.93. The van der Waals surface area contributed by atoms with Crippen LogP contribution < -0.4 is 15.1 Å². The summed E-state index contributed by atoms with van der Waals surface area (Å²) in [5, 5.41) is 12.2. The molecule has 0 saturated carbocycles. The van der Waals surface area contributed by atoms with Crippen molar-refractivity contribution in [3.8, 4) is 0 Å². The minimum Gasteiger partial charge on any atom is -0.478 e. The van der Waals surface area contributed by atoms with Gasteiger partial charge in [0.1, 0.15) is 0 Å². The van der Waals surface area contributed by atoms with Gasteiger partial charge in [0, 0.05) is 49.3 Å². The lowest BCUT2D eigenvalue weighted by Crippen LogP contribution is -2.46. The summed E-state index contributed by atoms with van der Waals surface area (Å²) in [5.41, 5.74) is 4.68. The Labute approximate surface area is 193 Å². The summed E-state index contributed by atoms with van der Waals surface area (Å²) >= 11 is 0. The molecule has 0 aromatic heterocycles. The Kier molecular flexibility index (Phi) is 6.74. The highest BCUT2D eigenvalue weighted by atomic mass is 16.4. The molecule has 1 aliphatic rings. The number of carboxylic acids is 1. The highest BCUT2D eigenvalue weighted by Gasteiger charge is 2.18. The van der Waals surface area contributed by atoms with Crippen LogP contribution in [0.25, 0.3) is 5.57 Å². The standard InChI is InChI=1S/C27H27N3O3/c1-20-7-11-23(12-8-20)29-15-17-30(18-16-29)24-13-9-22(10-14-24)28-26(31)19-25(27(32)33)21-5-3-2-4-6-21/h2-14,19H,15-18H2,1H3,(H,28,31)(H,32,33). The summed E-state index contributed by atoms with van der Waals surface area (Å²) in [6, 6.07) is 24.9. The van der Waals surface area contributed by atoms with Crippen molar-refractivity contribution in [2.75, 3.05) is 41.3 Å². The Morgan fingerprint density at radius 3 is 1.82 bits per heavy atom. The van der Waals surface area contributed by atoms with Gasteiger partial charge in [0.25, 0.3) is 0 Å². The number of piperazine rings is 1. The monoisotopic (exact) mass is 441 g/mol. The topological polar surface area (TPSA) is 72.9 Å². The minimum absolute atomic E-state index is 0.0452. The quantitative estimate of drug-likeness (QED) is 0.554. The molecular weight excluding hydrogens is 414 g/mol. The first-order valence-corrected chi connectivity index (χ1v) is 11.0. The largest absolute Gasteiger partial charge is 0.478 e. The molecule has 0 atom stereocenters. The molecular formula is C27H27N3O3. The third-order valence-electron chi connectivity index (χ3n) is 5.77. The first kappa shape index (κ1) is 22.1. The number of nitrogens with zero attached hydrogens (tertiary/aromatic N) is 2. The van der Waals surface area contributed by atoms with Crippen LogP contribution in [0.3, 0.4) is 0 Å². The zero-order valence-electron chi connectivity index (χ0n) is 18.6. The maximum atomic E-state index is 12.4. The van der Waals surface area contributed by atoms with E-state index in [1.165, 1.54) is 11.3 Å². The van der Waals surface area contributed by atoms with Gasteiger partial charge in [-0.3, -0.25) is 4.79 Å². The van der Waals surface area contributed by atoms with E-state index >= 15 is 0 Å². The van der Waals surface area contributed by atoms with Gasteiger partial charge in [0.15, 0.2) is 0 Å². The Morgan fingerprint density at radius 1 is 0.788 bits per heavy atom. The number of hydrogen-bond acceptors (Lipinski definition) is 4. The van der Waals surface area contributed by atoms with Crippen molar-refractivity contribution in [1.29, 1.82) is 0 Å². The first-order valence-electron chi connectivity index (χ1n) is 11.0. The molecule has 0 radical (unpaired) electrons. The third kappa shape index (κ3) is 5.60. The number of carbonyl (C=O) groups excluding carboxylic acids is 1. The molecule has 6 heteroatoms. The molecule has 1 heterocycles. The Morgan fingerprint density at radius 2 is 1.30 bits per heavy atom. The van der Waals surface area contributed by atoms with Gasteiger partial charge in [-0.25, -0.2) is 4.79 Å². The molecule has 1 amide bonds. The zero-order chi connectivity index (χ0) is 23.2. The molecule has 3 aromatic rings. The number of carbonyl (C=O) groups is 2. The number of nitrogens with one attached hydrogen (secondary N) is 1. The van der Waals surface area contributed by atoms with Crippen LogP contribution in [-0.4, -0.2) is 43.2 Å². The van der Waals surface area contributed by atoms with Crippen molar-refractivity contribution >= 4 is 34.5 Å². The van der Waals surface area contributed by atoms with Gasteiger partial charge in [-0.05, 0) is 48.9 Å². The lowest BCUT2D eigenvalue weighted by Gasteiger charge is -2.37. The van der Waals surface area contributed by atoms with E-state index in [-0.39, 0.29) is 5.57 Å². The van der Waals surface area contributed by atoms with E-state index < -0.39 is 11.9 Å². The number of anilines is 3. The summed E-state index contributed by atoms with van der Waals surface area (Å²) in [6.07, 6.45) is 1.12. The second-order valence-electron chi connectivity index (χ2n) is 8.07. The van der Waals surface area contributed by atoms with Gasteiger partial charge < -0.3 is 20.2 Å². The van der Waals surface area contributed by atoms with E-state index in [0.717, 1.165) is 37.9 Å². The van der Waals surface area contributed by atoms with E-state index in [2.05, 4.69) is 46.3 Å². The van der Waals surface area contributed by atoms with Crippen LogP contribution in [0.2, 0.25) is 0 Å². The predicted molar refractivity (Wildman–Crippen MR) is 133 cm³/mol. The summed E-state index contributed by atoms with van der Waals surface area (Å²) in [6.45, 7) is 5.83. The average molecular weight is 442 g/mol. The van der Waals surface area contributed by atoms with Crippen molar-refractivity contribution in [3.63, 3.8) is 0 Å². The van der Waals surface area contributed by atoms with Gasteiger partial charge >= 0.3 is 5.97 Å². The summed E-state index contributed by atoms with van der Waals surface area (Å²) in [7, 11) is 0. The molecule has 3 aromatic carbocycles. The van der Waals surface area contributed by atoms with Gasteiger partial charge in [0.2, 0.25) is 5.91 Å². The van der Waals surface area contributed by atoms with E-state index in [0.29, 0.717) is 11.3 Å². The number of aryl methyl sites for hydroxylation is 1. The Bertz CT molecular complexity index is 1130. The van der Waals surface area contributed by atoms with Crippen LogP contribution in [0, 0.1) is 6.92 Å². The van der Waals surface area contributed by atoms with E-state index in [1.54, 1.807) is 30.3 Å². The molecule has 6 nitrogen and oxygen atoms in total. The second kappa shape index (κ2) is 10.0. The van der Waals surface area contributed by atoms with Crippen molar-refractivity contribution in [2.45, 2.75) is 6.92 Å². The maximum Gasteiger partial charge on any atom is 0.336 e. The highest BCUT2D eigenvalue weighted by Crippen LogP contribution is 2.23. The molecule has 4 rings (SSSR count). The fraction of sp³-hybridized carbons (Fsp3) is 0.185. The zero-order valence-corrected chi connectivity index (χ0v) is 18.6. The van der Waals surface area contributed by atoms with Crippen LogP contribution >= 0.6 is 0 Å². The minimum atomic E-state index is -1.14. The number of amides is 1. The average Bonchev–Trinajstić information content (AvgIpc) is 2.84. The number of rotatable bonds is 6. The predicted octanol–water partition coefficient (Wildman–Crippen LogP) is 4.43. The highest BCUT2D eigenvalue weighted by molar-refractivity contribution is 6.21. The molecule has 0 aliphatic carbocycles. The summed E-state index contributed by atoms with van der Waals surface area (Å²) in [4.78, 5) is 28.7. The fourth-order valence-corrected chi connectivity index (χ4v) is 3.93. The van der Waals surface area contributed by atoms with Crippen molar-refractivity contribution in [1.82, 2.24) is 0 Å². The van der Waals surface area contributed by atoms with Gasteiger partial charge in [-0.2, -0.15) is 0 Å². The summed E-state index contributed by atoms with van der Waals surface area (Å²) < 4.78 is 0. The van der Waals surface area contributed by atoms with Crippen LogP contribution in [0.4, 0.5) is 17.1 Å². The molecule has 0 bridgehead atoms. The molecule has 0 spiro atoms. The molecule has 1 aliphatic heterocycles. The number of aliphatic carboxylic acids is 1. The second-order valence-corrected chi connectivity index (χ2v) is 8.07. The molecule has 168 valence electrons. The van der Waals surface area contributed by atoms with Crippen molar-refractivity contribution in [3.05, 3.63) is 96.1 Å². The van der Waals surface area contributed by atoms with Crippen LogP contribution in [-0.2, 0) is 9.59 Å². The molecule has 2 N–H and O–H groups in total. The first-order chi connectivity index (χ1) is 16.0. The lowest BCUT2D eigenvalue weighted by atomic mass is 10.1. The maximum absolute atomic E-state index is 12.4. The van der Waals surface area contributed by atoms with Crippen molar-refractivity contribution < 1.29 is 14.7 Å². The third-order valence-corrected chi connectivity index (χ3v) is 5.77. The van der Waals surface area contributed by atoms with E-state index in [1.807, 2.05) is 24.3 Å². The van der Waals surface area contributed by atoms with Crippen LogP contribution in [0.15, 0.2) is 84.9 Å². The number of benzene rings is 3. The normalized spacial score (nSPS) is 14.2. The molecule has 1 saturated heterocycles. The van der Waals surface area contributed by atoms with Crippen LogP contribution in [0.1, 0.15) is 11.1 Å². The molecule has 33 heavy (non-hydrogen) atoms. The Balaban J connectivity index is 1.36. The Hall–Kier alpha value is -4.06. The van der Waals surface area contributed by atoms with E-state index in [4.69, 9.17) is 0 Å². The SMILES string of the molecule is Cc1ccc(N2CCN(c3ccc(NC(=O)C=C(C(=O)O)c4ccccc4)cc3)CC2)cc1.